The van der Waals surface area contributed by atoms with Crippen molar-refractivity contribution in [3.8, 4) is 0 Å². The normalized spacial score (nSPS) is 18.9. The van der Waals surface area contributed by atoms with Crippen LogP contribution in [0.3, 0.4) is 0 Å². The van der Waals surface area contributed by atoms with Gasteiger partial charge in [-0.1, -0.05) is 47.0 Å². The monoisotopic (exact) mass is 231 g/mol. The Morgan fingerprint density at radius 2 is 1.81 bits per heavy atom. The Labute approximate surface area is 101 Å². The van der Waals surface area contributed by atoms with Crippen molar-refractivity contribution >= 4 is 14.0 Å². The molecule has 0 saturated carbocycles. The summed E-state index contributed by atoms with van der Waals surface area (Å²) in [5.74, 6) is 3.49. The second kappa shape index (κ2) is 5.64. The number of fused-ring (bicyclic) bond motifs is 1. The van der Waals surface area contributed by atoms with Crippen LogP contribution in [0.4, 0.5) is 0 Å². The van der Waals surface area contributed by atoms with Gasteiger partial charge in [0.05, 0.1) is 0 Å². The molecule has 0 amide bonds. The standard InChI is InChI=1S/C15H20P/c1-3-5-7-12-9-10-13-11-16-14(15(12)13)8-6-4-2/h9-10H,3-8H2,1-2H3. The third kappa shape index (κ3) is 2.38. The Balaban J connectivity index is 2.09. The molecule has 1 radical (unpaired) electrons. The minimum Gasteiger partial charge on any atom is -0.0654 e. The Hall–Kier alpha value is -0.610. The molecule has 0 saturated heterocycles. The molecule has 0 fully saturated rings. The minimum atomic E-state index is 1.25. The van der Waals surface area contributed by atoms with Crippen LogP contribution >= 0.6 is 8.20 Å². The summed E-state index contributed by atoms with van der Waals surface area (Å²) >= 11 is 0. The van der Waals surface area contributed by atoms with Crippen LogP contribution in [-0.4, -0.2) is 5.80 Å². The summed E-state index contributed by atoms with van der Waals surface area (Å²) < 4.78 is 0. The summed E-state index contributed by atoms with van der Waals surface area (Å²) in [6.07, 6.45) is 12.3. The van der Waals surface area contributed by atoms with Gasteiger partial charge in [-0.2, -0.15) is 0 Å². The third-order valence-electron chi connectivity index (χ3n) is 3.21. The van der Waals surface area contributed by atoms with Crippen LogP contribution in [0.2, 0.25) is 0 Å². The van der Waals surface area contributed by atoms with Crippen molar-refractivity contribution in [3.63, 3.8) is 0 Å². The van der Waals surface area contributed by atoms with E-state index in [1.807, 2.05) is 0 Å². The zero-order chi connectivity index (χ0) is 11.4. The van der Waals surface area contributed by atoms with Gasteiger partial charge in [-0.25, -0.2) is 0 Å². The molecule has 1 heteroatoms. The van der Waals surface area contributed by atoms with Gasteiger partial charge in [-0.3, -0.25) is 0 Å². The van der Waals surface area contributed by atoms with Crippen molar-refractivity contribution in [3.05, 3.63) is 34.2 Å². The molecule has 0 nitrogen and oxygen atoms in total. The summed E-state index contributed by atoms with van der Waals surface area (Å²) in [6, 6.07) is 0. The molecule has 1 aliphatic heterocycles. The zero-order valence-corrected chi connectivity index (χ0v) is 11.2. The highest BCUT2D eigenvalue weighted by atomic mass is 31.1. The molecule has 0 unspecified atom stereocenters. The molecule has 0 bridgehead atoms. The molecule has 0 aromatic heterocycles. The van der Waals surface area contributed by atoms with Gasteiger partial charge in [-0.15, -0.1) is 0 Å². The Morgan fingerprint density at radius 1 is 1.06 bits per heavy atom. The average Bonchev–Trinajstić information content (AvgIpc) is 2.86. The van der Waals surface area contributed by atoms with Gasteiger partial charge in [0.15, 0.2) is 0 Å². The van der Waals surface area contributed by atoms with Crippen LogP contribution in [0, 0.1) is 0 Å². The van der Waals surface area contributed by atoms with Gasteiger partial charge < -0.3 is 0 Å². The van der Waals surface area contributed by atoms with Crippen LogP contribution in [0.1, 0.15) is 52.4 Å². The predicted molar refractivity (Wildman–Crippen MR) is 74.2 cm³/mol. The molecule has 0 atom stereocenters. The summed E-state index contributed by atoms with van der Waals surface area (Å²) in [5.41, 5.74) is 4.50. The van der Waals surface area contributed by atoms with Crippen molar-refractivity contribution in [2.75, 3.05) is 0 Å². The Morgan fingerprint density at radius 3 is 2.56 bits per heavy atom. The maximum Gasteiger partial charge on any atom is 0.0224 e. The summed E-state index contributed by atoms with van der Waals surface area (Å²) in [5, 5.41) is 1.62. The topological polar surface area (TPSA) is 0 Å². The molecular weight excluding hydrogens is 211 g/mol. The number of unbranched alkanes of at least 4 members (excludes halogenated alkanes) is 2. The Kier molecular flexibility index (Phi) is 4.18. The first-order valence-corrected chi connectivity index (χ1v) is 7.37. The molecule has 0 N–H and O–H groups in total. The van der Waals surface area contributed by atoms with E-state index in [4.69, 9.17) is 0 Å². The average molecular weight is 231 g/mol. The maximum atomic E-state index is 3.49. The van der Waals surface area contributed by atoms with Gasteiger partial charge in [0, 0.05) is 5.80 Å². The van der Waals surface area contributed by atoms with E-state index in [0.29, 0.717) is 0 Å². The minimum absolute atomic E-state index is 1.25. The number of hydrogen-bond acceptors (Lipinski definition) is 0. The second-order valence-electron chi connectivity index (χ2n) is 4.52. The molecule has 0 aromatic carbocycles. The van der Waals surface area contributed by atoms with Crippen molar-refractivity contribution in [1.82, 2.24) is 0 Å². The van der Waals surface area contributed by atoms with Crippen LogP contribution < -0.4 is 0 Å². The van der Waals surface area contributed by atoms with Crippen molar-refractivity contribution in [2.24, 2.45) is 0 Å². The van der Waals surface area contributed by atoms with E-state index in [1.54, 1.807) is 16.5 Å². The maximum absolute atomic E-state index is 3.49. The van der Waals surface area contributed by atoms with Crippen LogP contribution in [0.25, 0.3) is 0 Å². The van der Waals surface area contributed by atoms with Crippen LogP contribution in [0.5, 0.6) is 0 Å². The Bertz CT molecular complexity index is 380. The van der Waals surface area contributed by atoms with Crippen molar-refractivity contribution in [1.29, 1.82) is 0 Å². The molecule has 2 aliphatic rings. The molecule has 1 heterocycles. The molecule has 2 rings (SSSR count). The highest BCUT2D eigenvalue weighted by Crippen LogP contribution is 2.42. The quantitative estimate of drug-likeness (QED) is 0.556. The summed E-state index contributed by atoms with van der Waals surface area (Å²) in [4.78, 5) is 0. The molecule has 0 spiro atoms. The summed E-state index contributed by atoms with van der Waals surface area (Å²) in [7, 11) is 1.34. The fourth-order valence-corrected chi connectivity index (χ4v) is 3.33. The highest BCUT2D eigenvalue weighted by molar-refractivity contribution is 7.44. The smallest absolute Gasteiger partial charge is 0.0224 e. The van der Waals surface area contributed by atoms with E-state index in [9.17, 15) is 0 Å². The summed E-state index contributed by atoms with van der Waals surface area (Å²) in [6.45, 7) is 4.53. The van der Waals surface area contributed by atoms with Gasteiger partial charge in [0.25, 0.3) is 0 Å². The molecule has 1 aliphatic carbocycles. The lowest BCUT2D eigenvalue weighted by molar-refractivity contribution is 0.786. The lowest BCUT2D eigenvalue weighted by Gasteiger charge is -2.08. The van der Waals surface area contributed by atoms with Crippen molar-refractivity contribution in [2.45, 2.75) is 52.4 Å². The fraction of sp³-hybridized carbons (Fsp3) is 0.533. The number of hydrogen-bond donors (Lipinski definition) is 0. The second-order valence-corrected chi connectivity index (χ2v) is 5.51. The van der Waals surface area contributed by atoms with Crippen molar-refractivity contribution < 1.29 is 0 Å². The van der Waals surface area contributed by atoms with E-state index in [2.05, 4.69) is 31.8 Å². The van der Waals surface area contributed by atoms with E-state index in [-0.39, 0.29) is 0 Å². The SMILES string of the molecule is CCCCC1=CC=C2[C]=PC(CCCC)=C21. The van der Waals surface area contributed by atoms with Gasteiger partial charge in [0.1, 0.15) is 0 Å². The van der Waals surface area contributed by atoms with E-state index < -0.39 is 0 Å². The number of allylic oxidation sites excluding steroid dienone is 6. The van der Waals surface area contributed by atoms with Crippen LogP contribution in [-0.2, 0) is 0 Å². The third-order valence-corrected chi connectivity index (χ3v) is 4.28. The highest BCUT2D eigenvalue weighted by Gasteiger charge is 2.21. The van der Waals surface area contributed by atoms with E-state index >= 15 is 0 Å². The fourth-order valence-electron chi connectivity index (χ4n) is 2.24. The van der Waals surface area contributed by atoms with E-state index in [1.165, 1.54) is 52.3 Å². The molecular formula is C15H20P. The van der Waals surface area contributed by atoms with E-state index in [0.717, 1.165) is 0 Å². The first kappa shape index (κ1) is 11.9. The van der Waals surface area contributed by atoms with Gasteiger partial charge in [-0.05, 0) is 47.7 Å². The molecule has 16 heavy (non-hydrogen) atoms. The first-order chi connectivity index (χ1) is 7.86. The molecule has 0 aromatic rings. The first-order valence-electron chi connectivity index (χ1n) is 6.48. The van der Waals surface area contributed by atoms with Gasteiger partial charge in [0.2, 0.25) is 0 Å². The van der Waals surface area contributed by atoms with Crippen LogP contribution in [0.15, 0.2) is 34.2 Å². The lowest BCUT2D eigenvalue weighted by atomic mass is 9.98. The lowest BCUT2D eigenvalue weighted by Crippen LogP contribution is -1.90. The molecule has 85 valence electrons. The van der Waals surface area contributed by atoms with Gasteiger partial charge >= 0.3 is 0 Å². The number of rotatable bonds is 6. The largest absolute Gasteiger partial charge is 0.0654 e. The predicted octanol–water partition coefficient (Wildman–Crippen LogP) is 5.13. The zero-order valence-electron chi connectivity index (χ0n) is 10.3.